The van der Waals surface area contributed by atoms with Crippen molar-refractivity contribution in [2.45, 2.75) is 0 Å². The maximum Gasteiger partial charge on any atom is 0.255 e. The summed E-state index contributed by atoms with van der Waals surface area (Å²) in [6.07, 6.45) is 0. The molecular weight excluding hydrogens is 459 g/mol. The lowest BCUT2D eigenvalue weighted by molar-refractivity contribution is 0.102. The van der Waals surface area contributed by atoms with E-state index >= 15 is 0 Å². The van der Waals surface area contributed by atoms with Crippen LogP contribution in [0.5, 0.6) is 0 Å². The zero-order valence-corrected chi connectivity index (χ0v) is 19.0. The number of carbonyl (C=O) groups is 1. The number of carbonyl (C=O) groups excluding carboxylic acids is 1. The van der Waals surface area contributed by atoms with Crippen molar-refractivity contribution in [1.82, 2.24) is 4.98 Å². The largest absolute Gasteiger partial charge is 0.321 e. The van der Waals surface area contributed by atoms with E-state index in [9.17, 15) is 4.79 Å². The molecule has 0 radical (unpaired) electrons. The summed E-state index contributed by atoms with van der Waals surface area (Å²) in [5, 5.41) is 4.53. The van der Waals surface area contributed by atoms with Crippen molar-refractivity contribution in [3.05, 3.63) is 107 Å². The van der Waals surface area contributed by atoms with Crippen LogP contribution < -0.4 is 5.32 Å². The second-order valence-corrected chi connectivity index (χ2v) is 9.04. The minimum absolute atomic E-state index is 0.246. The Morgan fingerprint density at radius 1 is 0.781 bits per heavy atom. The first kappa shape index (κ1) is 20.7. The normalized spacial score (nSPS) is 10.9. The van der Waals surface area contributed by atoms with Crippen LogP contribution >= 0.6 is 34.5 Å². The van der Waals surface area contributed by atoms with Gasteiger partial charge in [0.1, 0.15) is 5.01 Å². The van der Waals surface area contributed by atoms with Gasteiger partial charge in [-0.15, -0.1) is 11.3 Å². The molecule has 1 heterocycles. The molecule has 0 atom stereocenters. The summed E-state index contributed by atoms with van der Waals surface area (Å²) in [4.78, 5) is 17.5. The molecule has 0 aliphatic carbocycles. The van der Waals surface area contributed by atoms with E-state index in [-0.39, 0.29) is 5.91 Å². The average molecular weight is 475 g/mol. The fourth-order valence-corrected chi connectivity index (χ4v) is 5.01. The number of nitrogens with zero attached hydrogens (tertiary/aromatic N) is 1. The summed E-state index contributed by atoms with van der Waals surface area (Å²) in [5.74, 6) is -0.246. The quantitative estimate of drug-likeness (QED) is 0.285. The highest BCUT2D eigenvalue weighted by Crippen LogP contribution is 2.39. The number of benzene rings is 4. The smallest absolute Gasteiger partial charge is 0.255 e. The van der Waals surface area contributed by atoms with Crippen molar-refractivity contribution in [2.24, 2.45) is 0 Å². The van der Waals surface area contributed by atoms with Crippen LogP contribution in [0.4, 0.5) is 5.69 Å². The van der Waals surface area contributed by atoms with E-state index in [2.05, 4.69) is 10.3 Å². The predicted molar refractivity (Wildman–Crippen MR) is 135 cm³/mol. The molecule has 0 saturated heterocycles. The highest BCUT2D eigenvalue weighted by atomic mass is 35.5. The topological polar surface area (TPSA) is 42.0 Å². The second-order valence-electron chi connectivity index (χ2n) is 7.20. The van der Waals surface area contributed by atoms with E-state index in [0.29, 0.717) is 21.3 Å². The summed E-state index contributed by atoms with van der Waals surface area (Å²) in [6, 6.07) is 28.8. The summed E-state index contributed by atoms with van der Waals surface area (Å²) in [6.45, 7) is 0. The van der Waals surface area contributed by atoms with Crippen LogP contribution in [0, 0.1) is 0 Å². The number of aromatic nitrogens is 1. The van der Waals surface area contributed by atoms with E-state index in [1.165, 1.54) is 0 Å². The van der Waals surface area contributed by atoms with Crippen LogP contribution in [0.1, 0.15) is 10.4 Å². The number of anilines is 1. The maximum atomic E-state index is 12.9. The van der Waals surface area contributed by atoms with Crippen LogP contribution in [0.2, 0.25) is 10.0 Å². The van der Waals surface area contributed by atoms with E-state index in [4.69, 9.17) is 23.2 Å². The first-order chi connectivity index (χ1) is 15.6. The molecule has 0 spiro atoms. The van der Waals surface area contributed by atoms with E-state index in [1.807, 2.05) is 66.7 Å². The fraction of sp³-hybridized carbons (Fsp3) is 0. The van der Waals surface area contributed by atoms with Gasteiger partial charge in [-0.25, -0.2) is 4.98 Å². The minimum atomic E-state index is -0.246. The fourth-order valence-electron chi connectivity index (χ4n) is 3.44. The van der Waals surface area contributed by atoms with Gasteiger partial charge >= 0.3 is 0 Å². The molecule has 156 valence electrons. The van der Waals surface area contributed by atoms with Gasteiger partial charge in [-0.2, -0.15) is 0 Å². The number of hydrogen-bond donors (Lipinski definition) is 1. The van der Waals surface area contributed by atoms with Gasteiger partial charge in [-0.05, 0) is 47.5 Å². The molecule has 0 aliphatic rings. The van der Waals surface area contributed by atoms with Crippen molar-refractivity contribution in [1.29, 1.82) is 0 Å². The van der Waals surface area contributed by atoms with Gasteiger partial charge in [0, 0.05) is 11.1 Å². The highest BCUT2D eigenvalue weighted by Gasteiger charge is 2.15. The molecule has 32 heavy (non-hydrogen) atoms. The van der Waals surface area contributed by atoms with Gasteiger partial charge in [0.15, 0.2) is 0 Å². The Labute approximate surface area is 199 Å². The van der Waals surface area contributed by atoms with E-state index in [0.717, 1.165) is 31.9 Å². The summed E-state index contributed by atoms with van der Waals surface area (Å²) >= 11 is 14.4. The predicted octanol–water partition coefficient (Wildman–Crippen LogP) is 8.19. The summed E-state index contributed by atoms with van der Waals surface area (Å²) in [7, 11) is 0. The van der Waals surface area contributed by atoms with Crippen LogP contribution in [0.25, 0.3) is 31.9 Å². The Kier molecular flexibility index (Phi) is 5.66. The molecule has 0 aliphatic heterocycles. The molecule has 5 aromatic rings. The number of thiazole rings is 1. The van der Waals surface area contributed by atoms with Crippen molar-refractivity contribution in [3.8, 4) is 21.7 Å². The molecule has 1 N–H and O–H groups in total. The highest BCUT2D eigenvalue weighted by molar-refractivity contribution is 7.21. The van der Waals surface area contributed by atoms with E-state index in [1.54, 1.807) is 35.6 Å². The third kappa shape index (κ3) is 4.13. The van der Waals surface area contributed by atoms with Gasteiger partial charge in [0.05, 0.1) is 25.9 Å². The number of hydrogen-bond acceptors (Lipinski definition) is 3. The Morgan fingerprint density at radius 2 is 1.47 bits per heavy atom. The van der Waals surface area contributed by atoms with Crippen LogP contribution in [0.3, 0.4) is 0 Å². The molecule has 4 aromatic carbocycles. The monoisotopic (exact) mass is 474 g/mol. The Balaban J connectivity index is 1.42. The zero-order chi connectivity index (χ0) is 22.1. The lowest BCUT2D eigenvalue weighted by atomic mass is 10.0. The van der Waals surface area contributed by atoms with Crippen molar-refractivity contribution < 1.29 is 4.79 Å². The lowest BCUT2D eigenvalue weighted by Crippen LogP contribution is -2.12. The number of para-hydroxylation sites is 1. The van der Waals surface area contributed by atoms with Crippen molar-refractivity contribution in [3.63, 3.8) is 0 Å². The van der Waals surface area contributed by atoms with Crippen molar-refractivity contribution in [2.75, 3.05) is 5.32 Å². The molecule has 0 unspecified atom stereocenters. The SMILES string of the molecule is O=C(Nc1cc(-c2nc3ccccc3s2)c(Cl)cc1Cl)c1ccc(-c2ccccc2)cc1. The zero-order valence-electron chi connectivity index (χ0n) is 16.7. The van der Waals surface area contributed by atoms with E-state index < -0.39 is 0 Å². The van der Waals surface area contributed by atoms with Gasteiger partial charge in [-0.1, -0.05) is 77.8 Å². The third-order valence-corrected chi connectivity index (χ3v) is 6.78. The minimum Gasteiger partial charge on any atom is -0.321 e. The first-order valence-electron chi connectivity index (χ1n) is 9.90. The standard InChI is InChI=1S/C26H16Cl2N2OS/c27-20-15-21(28)23(14-19(20)26-30-22-8-4-5-9-24(22)32-26)29-25(31)18-12-10-17(11-13-18)16-6-2-1-3-7-16/h1-15H,(H,29,31). The Morgan fingerprint density at radius 3 is 2.22 bits per heavy atom. The number of rotatable bonds is 4. The van der Waals surface area contributed by atoms with Crippen LogP contribution in [-0.2, 0) is 0 Å². The molecular formula is C26H16Cl2N2OS. The average Bonchev–Trinajstić information content (AvgIpc) is 3.25. The summed E-state index contributed by atoms with van der Waals surface area (Å²) < 4.78 is 1.07. The summed E-state index contributed by atoms with van der Waals surface area (Å²) in [5.41, 5.74) is 4.81. The molecule has 3 nitrogen and oxygen atoms in total. The van der Waals surface area contributed by atoms with Gasteiger partial charge in [-0.3, -0.25) is 4.79 Å². The number of nitrogens with one attached hydrogen (secondary N) is 1. The van der Waals surface area contributed by atoms with Crippen LogP contribution in [0.15, 0.2) is 91.0 Å². The molecule has 0 fully saturated rings. The number of amides is 1. The number of halogens is 2. The molecule has 0 saturated carbocycles. The van der Waals surface area contributed by atoms with Gasteiger partial charge < -0.3 is 5.32 Å². The van der Waals surface area contributed by atoms with Crippen LogP contribution in [-0.4, -0.2) is 10.9 Å². The first-order valence-corrected chi connectivity index (χ1v) is 11.5. The lowest BCUT2D eigenvalue weighted by Gasteiger charge is -2.11. The Bertz CT molecular complexity index is 1400. The molecule has 6 heteroatoms. The molecule has 1 aromatic heterocycles. The van der Waals surface area contributed by atoms with Gasteiger partial charge in [0.25, 0.3) is 5.91 Å². The van der Waals surface area contributed by atoms with Gasteiger partial charge in [0.2, 0.25) is 0 Å². The molecule has 5 rings (SSSR count). The molecule has 1 amide bonds. The van der Waals surface area contributed by atoms with Crippen molar-refractivity contribution >= 4 is 56.3 Å². The Hall–Kier alpha value is -3.18. The third-order valence-electron chi connectivity index (χ3n) is 5.08. The molecule has 0 bridgehead atoms. The number of fused-ring (bicyclic) bond motifs is 1. The maximum absolute atomic E-state index is 12.9. The second kappa shape index (κ2) is 8.75.